The second-order valence-electron chi connectivity index (χ2n) is 5.90. The van der Waals surface area contributed by atoms with Gasteiger partial charge in [0.05, 0.1) is 13.2 Å². The van der Waals surface area contributed by atoms with E-state index in [0.717, 1.165) is 5.56 Å². The smallest absolute Gasteiger partial charge is 0.255 e. The first kappa shape index (κ1) is 16.1. The maximum Gasteiger partial charge on any atom is 0.255 e. The molecule has 0 spiro atoms. The Labute approximate surface area is 131 Å². The molecule has 1 N–H and O–H groups in total. The topological polar surface area (TPSA) is 38.3 Å². The van der Waals surface area contributed by atoms with Crippen LogP contribution in [0.4, 0.5) is 17.6 Å². The number of carbonyl (C=O) groups is 1. The van der Waals surface area contributed by atoms with E-state index in [2.05, 4.69) is 5.32 Å². The van der Waals surface area contributed by atoms with Crippen LogP contribution in [0.1, 0.15) is 41.9 Å². The van der Waals surface area contributed by atoms with Crippen LogP contribution in [0.2, 0.25) is 0 Å². The summed E-state index contributed by atoms with van der Waals surface area (Å²) < 4.78 is 57.4. The Morgan fingerprint density at radius 3 is 2.74 bits per heavy atom. The molecule has 23 heavy (non-hydrogen) atoms. The van der Waals surface area contributed by atoms with Crippen molar-refractivity contribution in [3.05, 3.63) is 28.3 Å². The minimum Gasteiger partial charge on any atom is -0.490 e. The lowest BCUT2D eigenvalue weighted by Gasteiger charge is -2.16. The number of fused-ring (bicyclic) bond motifs is 3. The molecule has 0 aromatic heterocycles. The predicted octanol–water partition coefficient (Wildman–Crippen LogP) is 3.09. The van der Waals surface area contributed by atoms with Gasteiger partial charge in [-0.1, -0.05) is 0 Å². The van der Waals surface area contributed by atoms with Crippen LogP contribution in [0.25, 0.3) is 0 Å². The first-order chi connectivity index (χ1) is 11.0. The number of carbonyl (C=O) groups excluding carboxylic acids is 1. The van der Waals surface area contributed by atoms with E-state index >= 15 is 0 Å². The molecule has 0 saturated carbocycles. The number of benzene rings is 1. The number of nitrogens with one attached hydrogen (secondary N) is 1. The van der Waals surface area contributed by atoms with Crippen molar-refractivity contribution in [2.75, 3.05) is 13.2 Å². The fourth-order valence-electron chi connectivity index (χ4n) is 3.51. The summed E-state index contributed by atoms with van der Waals surface area (Å²) in [5.74, 6) is -2.30. The van der Waals surface area contributed by atoms with Crippen molar-refractivity contribution in [3.63, 3.8) is 0 Å². The molecule has 7 heteroatoms. The van der Waals surface area contributed by atoms with Crippen molar-refractivity contribution in [1.29, 1.82) is 0 Å². The van der Waals surface area contributed by atoms with E-state index in [4.69, 9.17) is 4.74 Å². The zero-order valence-electron chi connectivity index (χ0n) is 12.4. The first-order valence-electron chi connectivity index (χ1n) is 7.69. The van der Waals surface area contributed by atoms with Gasteiger partial charge in [-0.3, -0.25) is 4.79 Å². The molecule has 1 atom stereocenters. The van der Waals surface area contributed by atoms with Crippen LogP contribution in [0.3, 0.4) is 0 Å². The molecule has 1 heterocycles. The van der Waals surface area contributed by atoms with Gasteiger partial charge in [0.1, 0.15) is 0 Å². The van der Waals surface area contributed by atoms with Crippen molar-refractivity contribution in [1.82, 2.24) is 5.32 Å². The van der Waals surface area contributed by atoms with Crippen molar-refractivity contribution < 1.29 is 27.1 Å². The lowest BCUT2D eigenvalue weighted by molar-refractivity contribution is -0.121. The zero-order chi connectivity index (χ0) is 16.6. The predicted molar refractivity (Wildman–Crippen MR) is 74.9 cm³/mol. The van der Waals surface area contributed by atoms with Gasteiger partial charge in [0, 0.05) is 18.4 Å². The third-order valence-electron chi connectivity index (χ3n) is 4.50. The third kappa shape index (κ3) is 3.01. The van der Waals surface area contributed by atoms with E-state index in [-0.39, 0.29) is 18.1 Å². The van der Waals surface area contributed by atoms with E-state index < -0.39 is 30.5 Å². The Balaban J connectivity index is 1.74. The van der Waals surface area contributed by atoms with Crippen LogP contribution < -0.4 is 10.1 Å². The molecule has 3 nitrogen and oxygen atoms in total. The molecule has 3 rings (SSSR count). The fraction of sp³-hybridized carbons (Fsp3) is 0.562. The Bertz CT molecular complexity index is 633. The molecule has 0 bridgehead atoms. The molecule has 0 fully saturated rings. The molecule has 1 aliphatic carbocycles. The largest absolute Gasteiger partial charge is 0.490 e. The summed E-state index contributed by atoms with van der Waals surface area (Å²) in [6.07, 6.45) is -0.476. The highest BCUT2D eigenvalue weighted by atomic mass is 19.3. The highest BCUT2D eigenvalue weighted by Crippen LogP contribution is 2.46. The lowest BCUT2D eigenvalue weighted by Crippen LogP contribution is -2.28. The highest BCUT2D eigenvalue weighted by Gasteiger charge is 2.35. The summed E-state index contributed by atoms with van der Waals surface area (Å²) in [5.41, 5.74) is 1.84. The monoisotopic (exact) mass is 331 g/mol. The minimum absolute atomic E-state index is 0.00435. The van der Waals surface area contributed by atoms with E-state index in [1.165, 1.54) is 0 Å². The number of ether oxygens (including phenoxy) is 1. The molecule has 2 aliphatic rings. The average Bonchev–Trinajstić information content (AvgIpc) is 3.14. The number of hydrogen-bond acceptors (Lipinski definition) is 2. The van der Waals surface area contributed by atoms with Gasteiger partial charge in [0.15, 0.2) is 11.6 Å². The van der Waals surface area contributed by atoms with E-state index in [9.17, 15) is 22.4 Å². The van der Waals surface area contributed by atoms with Crippen molar-refractivity contribution in [3.8, 4) is 5.75 Å². The summed E-state index contributed by atoms with van der Waals surface area (Å²) in [6, 6.07) is 0. The van der Waals surface area contributed by atoms with Crippen molar-refractivity contribution >= 4 is 5.91 Å². The average molecular weight is 331 g/mol. The number of halogens is 4. The van der Waals surface area contributed by atoms with Gasteiger partial charge in [-0.25, -0.2) is 13.2 Å². The van der Waals surface area contributed by atoms with Crippen LogP contribution in [-0.2, 0) is 17.6 Å². The molecule has 0 saturated heterocycles. The molecule has 1 aliphatic heterocycles. The van der Waals surface area contributed by atoms with Gasteiger partial charge in [0.2, 0.25) is 11.7 Å². The third-order valence-corrected chi connectivity index (χ3v) is 4.50. The number of rotatable bonds is 5. The maximum atomic E-state index is 14.1. The fourth-order valence-corrected chi connectivity index (χ4v) is 3.51. The molecule has 1 aromatic carbocycles. The van der Waals surface area contributed by atoms with Gasteiger partial charge >= 0.3 is 0 Å². The standard InChI is InChI=1S/C16H17F4NO2/c17-11(18)7-21-12(22)4-2-8-1-3-9-13(8)10-5-6-23-16(10)15(20)14(9)19/h8,11H,1-7H2,(H,21,22)/t8-/m0/s1. The summed E-state index contributed by atoms with van der Waals surface area (Å²) in [7, 11) is 0. The van der Waals surface area contributed by atoms with E-state index in [0.29, 0.717) is 43.4 Å². The Hall–Kier alpha value is -1.79. The molecule has 0 radical (unpaired) electrons. The molecular formula is C16H17F4NO2. The van der Waals surface area contributed by atoms with Crippen LogP contribution in [-0.4, -0.2) is 25.5 Å². The molecule has 1 aromatic rings. The maximum absolute atomic E-state index is 14.1. The number of amides is 1. The van der Waals surface area contributed by atoms with Crippen LogP contribution in [0, 0.1) is 11.6 Å². The van der Waals surface area contributed by atoms with Crippen molar-refractivity contribution in [2.45, 2.75) is 44.4 Å². The van der Waals surface area contributed by atoms with Gasteiger partial charge in [-0.15, -0.1) is 0 Å². The van der Waals surface area contributed by atoms with Crippen LogP contribution in [0.15, 0.2) is 0 Å². The van der Waals surface area contributed by atoms with Crippen molar-refractivity contribution in [2.24, 2.45) is 0 Å². The van der Waals surface area contributed by atoms with Crippen LogP contribution in [0.5, 0.6) is 5.75 Å². The van der Waals surface area contributed by atoms with Gasteiger partial charge in [0.25, 0.3) is 6.43 Å². The number of hydrogen-bond donors (Lipinski definition) is 1. The first-order valence-corrected chi connectivity index (χ1v) is 7.69. The van der Waals surface area contributed by atoms with Crippen LogP contribution >= 0.6 is 0 Å². The molecule has 0 unspecified atom stereocenters. The van der Waals surface area contributed by atoms with Gasteiger partial charge in [-0.2, -0.15) is 4.39 Å². The zero-order valence-corrected chi connectivity index (χ0v) is 12.4. The SMILES string of the molecule is O=C(CC[C@@H]1CCc2c(F)c(F)c3c(c21)CCO3)NCC(F)F. The minimum atomic E-state index is -2.58. The normalized spacial score (nSPS) is 18.7. The molecular weight excluding hydrogens is 314 g/mol. The van der Waals surface area contributed by atoms with Gasteiger partial charge < -0.3 is 10.1 Å². The molecule has 126 valence electrons. The summed E-state index contributed by atoms with van der Waals surface area (Å²) >= 11 is 0. The Morgan fingerprint density at radius 2 is 2.00 bits per heavy atom. The summed E-state index contributed by atoms with van der Waals surface area (Å²) in [6.45, 7) is -0.340. The summed E-state index contributed by atoms with van der Waals surface area (Å²) in [4.78, 5) is 11.6. The highest BCUT2D eigenvalue weighted by molar-refractivity contribution is 5.76. The number of alkyl halides is 2. The van der Waals surface area contributed by atoms with E-state index in [1.54, 1.807) is 0 Å². The summed E-state index contributed by atoms with van der Waals surface area (Å²) in [5, 5.41) is 2.16. The Kier molecular flexibility index (Phi) is 4.46. The quantitative estimate of drug-likeness (QED) is 0.842. The second-order valence-corrected chi connectivity index (χ2v) is 5.90. The lowest BCUT2D eigenvalue weighted by atomic mass is 9.90. The molecule has 1 amide bonds. The van der Waals surface area contributed by atoms with Gasteiger partial charge in [-0.05, 0) is 36.3 Å². The van der Waals surface area contributed by atoms with E-state index in [1.807, 2.05) is 0 Å². The Morgan fingerprint density at radius 1 is 1.22 bits per heavy atom. The second kappa shape index (κ2) is 6.37.